The van der Waals surface area contributed by atoms with Crippen LogP contribution in [0.15, 0.2) is 35.1 Å². The number of hydrogen-bond donors (Lipinski definition) is 3. The summed E-state index contributed by atoms with van der Waals surface area (Å²) >= 11 is 0. The molecule has 7 heteroatoms. The number of H-pyrrole nitrogens is 2. The second kappa shape index (κ2) is 6.57. The number of ether oxygens (including phenoxy) is 3. The SMILES string of the molecule is COc1cc(OC)c(OC)cc1CNc1ccc2[nH]c(=O)[nH]c2c1. The number of nitrogens with one attached hydrogen (secondary N) is 3. The first-order valence-electron chi connectivity index (χ1n) is 7.39. The minimum Gasteiger partial charge on any atom is -0.496 e. The highest BCUT2D eigenvalue weighted by molar-refractivity contribution is 5.78. The molecular weight excluding hydrogens is 310 g/mol. The van der Waals surface area contributed by atoms with E-state index in [0.717, 1.165) is 22.3 Å². The predicted molar refractivity (Wildman–Crippen MR) is 92.3 cm³/mol. The van der Waals surface area contributed by atoms with Crippen molar-refractivity contribution in [2.75, 3.05) is 26.6 Å². The van der Waals surface area contributed by atoms with Gasteiger partial charge in [0.15, 0.2) is 11.5 Å². The first kappa shape index (κ1) is 15.8. The Morgan fingerprint density at radius 2 is 1.54 bits per heavy atom. The van der Waals surface area contributed by atoms with Crippen LogP contribution in [0.5, 0.6) is 17.2 Å². The molecule has 0 aliphatic heterocycles. The number of methoxy groups -OCH3 is 3. The number of aromatic amines is 2. The Labute approximate surface area is 138 Å². The summed E-state index contributed by atoms with van der Waals surface area (Å²) in [6.45, 7) is 0.531. The lowest BCUT2D eigenvalue weighted by atomic mass is 10.1. The van der Waals surface area contributed by atoms with Gasteiger partial charge in [-0.05, 0) is 24.3 Å². The highest BCUT2D eigenvalue weighted by Crippen LogP contribution is 2.35. The van der Waals surface area contributed by atoms with Gasteiger partial charge in [-0.15, -0.1) is 0 Å². The van der Waals surface area contributed by atoms with E-state index < -0.39 is 0 Å². The van der Waals surface area contributed by atoms with Gasteiger partial charge in [-0.3, -0.25) is 0 Å². The van der Waals surface area contributed by atoms with Crippen molar-refractivity contribution in [1.29, 1.82) is 0 Å². The van der Waals surface area contributed by atoms with Gasteiger partial charge >= 0.3 is 5.69 Å². The van der Waals surface area contributed by atoms with Crippen molar-refractivity contribution in [2.45, 2.75) is 6.54 Å². The fraction of sp³-hybridized carbons (Fsp3) is 0.235. The number of rotatable bonds is 6. The van der Waals surface area contributed by atoms with E-state index in [-0.39, 0.29) is 5.69 Å². The molecule has 3 N–H and O–H groups in total. The third-order valence-electron chi connectivity index (χ3n) is 3.79. The topological polar surface area (TPSA) is 88.4 Å². The normalized spacial score (nSPS) is 10.6. The average molecular weight is 329 g/mol. The molecule has 3 aromatic rings. The van der Waals surface area contributed by atoms with E-state index in [1.807, 2.05) is 24.3 Å². The van der Waals surface area contributed by atoms with E-state index in [1.165, 1.54) is 0 Å². The number of hydrogen-bond acceptors (Lipinski definition) is 5. The predicted octanol–water partition coefficient (Wildman–Crippen LogP) is 2.49. The highest BCUT2D eigenvalue weighted by atomic mass is 16.5. The fourth-order valence-corrected chi connectivity index (χ4v) is 2.57. The van der Waals surface area contributed by atoms with Crippen LogP contribution in [0.25, 0.3) is 11.0 Å². The molecule has 0 unspecified atom stereocenters. The Morgan fingerprint density at radius 3 is 2.25 bits per heavy atom. The van der Waals surface area contributed by atoms with E-state index in [9.17, 15) is 4.79 Å². The minimum absolute atomic E-state index is 0.219. The van der Waals surface area contributed by atoms with Crippen LogP contribution < -0.4 is 25.2 Å². The molecular formula is C17H19N3O4. The molecule has 7 nitrogen and oxygen atoms in total. The molecule has 0 saturated heterocycles. The number of anilines is 1. The molecule has 0 amide bonds. The summed E-state index contributed by atoms with van der Waals surface area (Å²) in [4.78, 5) is 16.8. The maximum Gasteiger partial charge on any atom is 0.323 e. The lowest BCUT2D eigenvalue weighted by Crippen LogP contribution is -2.03. The Kier molecular flexibility index (Phi) is 4.33. The van der Waals surface area contributed by atoms with Crippen LogP contribution in [0.3, 0.4) is 0 Å². The molecule has 0 radical (unpaired) electrons. The Bertz CT molecular complexity index is 914. The van der Waals surface area contributed by atoms with Gasteiger partial charge in [0.05, 0.1) is 32.4 Å². The maximum atomic E-state index is 11.3. The van der Waals surface area contributed by atoms with E-state index in [1.54, 1.807) is 27.4 Å². The quantitative estimate of drug-likeness (QED) is 0.647. The highest BCUT2D eigenvalue weighted by Gasteiger charge is 2.11. The van der Waals surface area contributed by atoms with Gasteiger partial charge in [-0.1, -0.05) is 0 Å². The van der Waals surface area contributed by atoms with Gasteiger partial charge in [0, 0.05) is 23.9 Å². The molecule has 1 aromatic heterocycles. The van der Waals surface area contributed by atoms with Crippen molar-refractivity contribution in [3.8, 4) is 17.2 Å². The van der Waals surface area contributed by atoms with Crippen LogP contribution in [0.1, 0.15) is 5.56 Å². The molecule has 2 aromatic carbocycles. The summed E-state index contributed by atoms with van der Waals surface area (Å²) in [7, 11) is 4.79. The van der Waals surface area contributed by atoms with E-state index in [4.69, 9.17) is 14.2 Å². The number of aromatic nitrogens is 2. The summed E-state index contributed by atoms with van der Waals surface area (Å²) in [5.74, 6) is 1.96. The summed E-state index contributed by atoms with van der Waals surface area (Å²) in [6, 6.07) is 9.30. The minimum atomic E-state index is -0.219. The maximum absolute atomic E-state index is 11.3. The zero-order chi connectivity index (χ0) is 17.1. The Hall–Kier alpha value is -3.09. The van der Waals surface area contributed by atoms with Crippen LogP contribution in [0, 0.1) is 0 Å². The molecule has 0 atom stereocenters. The molecule has 3 rings (SSSR count). The first-order chi connectivity index (χ1) is 11.6. The molecule has 0 aliphatic carbocycles. The zero-order valence-electron chi connectivity index (χ0n) is 13.7. The van der Waals surface area contributed by atoms with E-state index in [0.29, 0.717) is 23.8 Å². The number of benzene rings is 2. The summed E-state index contributed by atoms with van der Waals surface area (Å²) in [5.41, 5.74) is 3.12. The third kappa shape index (κ3) is 3.01. The fourth-order valence-electron chi connectivity index (χ4n) is 2.57. The van der Waals surface area contributed by atoms with Gasteiger partial charge in [0.1, 0.15) is 5.75 Å². The molecule has 126 valence electrons. The number of fused-ring (bicyclic) bond motifs is 1. The lowest BCUT2D eigenvalue weighted by Gasteiger charge is -2.15. The summed E-state index contributed by atoms with van der Waals surface area (Å²) in [5, 5.41) is 3.31. The second-order valence-electron chi connectivity index (χ2n) is 5.21. The monoisotopic (exact) mass is 329 g/mol. The molecule has 0 saturated carbocycles. The molecule has 24 heavy (non-hydrogen) atoms. The van der Waals surface area contributed by atoms with Crippen molar-refractivity contribution in [1.82, 2.24) is 9.97 Å². The van der Waals surface area contributed by atoms with Gasteiger partial charge in [0.2, 0.25) is 0 Å². The Balaban J connectivity index is 1.85. The summed E-state index contributed by atoms with van der Waals surface area (Å²) in [6.07, 6.45) is 0. The molecule has 0 aliphatic rings. The van der Waals surface area contributed by atoms with Crippen molar-refractivity contribution < 1.29 is 14.2 Å². The van der Waals surface area contributed by atoms with Crippen LogP contribution >= 0.6 is 0 Å². The molecule has 0 spiro atoms. The van der Waals surface area contributed by atoms with Crippen LogP contribution in [0.2, 0.25) is 0 Å². The standard InChI is InChI=1S/C17H19N3O4/c1-22-14-8-16(24-3)15(23-2)6-10(14)9-18-11-4-5-12-13(7-11)20-17(21)19-12/h4-8,18H,9H2,1-3H3,(H2,19,20,21). The third-order valence-corrected chi connectivity index (χ3v) is 3.79. The van der Waals surface area contributed by atoms with Crippen molar-refractivity contribution in [3.63, 3.8) is 0 Å². The van der Waals surface area contributed by atoms with Gasteiger partial charge in [-0.2, -0.15) is 0 Å². The second-order valence-corrected chi connectivity index (χ2v) is 5.21. The molecule has 1 heterocycles. The van der Waals surface area contributed by atoms with E-state index in [2.05, 4.69) is 15.3 Å². The largest absolute Gasteiger partial charge is 0.496 e. The van der Waals surface area contributed by atoms with Gasteiger partial charge in [-0.25, -0.2) is 4.79 Å². The molecule has 0 fully saturated rings. The smallest absolute Gasteiger partial charge is 0.323 e. The van der Waals surface area contributed by atoms with Crippen LogP contribution in [-0.4, -0.2) is 31.3 Å². The average Bonchev–Trinajstić information content (AvgIpc) is 2.98. The van der Waals surface area contributed by atoms with Crippen molar-refractivity contribution >= 4 is 16.7 Å². The van der Waals surface area contributed by atoms with E-state index >= 15 is 0 Å². The van der Waals surface area contributed by atoms with Gasteiger partial charge in [0.25, 0.3) is 0 Å². The molecule has 0 bridgehead atoms. The first-order valence-corrected chi connectivity index (χ1v) is 7.39. The lowest BCUT2D eigenvalue weighted by molar-refractivity contribution is 0.347. The van der Waals surface area contributed by atoms with Crippen LogP contribution in [-0.2, 0) is 6.54 Å². The van der Waals surface area contributed by atoms with Gasteiger partial charge < -0.3 is 29.5 Å². The van der Waals surface area contributed by atoms with Crippen LogP contribution in [0.4, 0.5) is 5.69 Å². The van der Waals surface area contributed by atoms with Crippen molar-refractivity contribution in [3.05, 3.63) is 46.4 Å². The zero-order valence-corrected chi connectivity index (χ0v) is 13.7. The van der Waals surface area contributed by atoms with Crippen molar-refractivity contribution in [2.24, 2.45) is 0 Å². The number of imidazole rings is 1. The summed E-state index contributed by atoms with van der Waals surface area (Å²) < 4.78 is 16.0. The Morgan fingerprint density at radius 1 is 0.875 bits per heavy atom.